The topological polar surface area (TPSA) is 116 Å². The van der Waals surface area contributed by atoms with E-state index in [9.17, 15) is 4.79 Å². The van der Waals surface area contributed by atoms with Crippen LogP contribution in [0.2, 0.25) is 5.15 Å². The zero-order valence-electron chi connectivity index (χ0n) is 16.1. The molecule has 0 aliphatic carbocycles. The van der Waals surface area contributed by atoms with E-state index in [0.29, 0.717) is 29.9 Å². The number of amides is 1. The third kappa shape index (κ3) is 4.19. The van der Waals surface area contributed by atoms with Crippen molar-refractivity contribution in [3.8, 4) is 11.4 Å². The van der Waals surface area contributed by atoms with Crippen LogP contribution in [0.4, 0.5) is 5.95 Å². The van der Waals surface area contributed by atoms with Crippen molar-refractivity contribution in [2.24, 2.45) is 5.92 Å². The Bertz CT molecular complexity index is 937. The maximum Gasteiger partial charge on any atom is 0.251 e. The standard InChI is InChI=1S/C16H17ClN8O.C2H6/c1-9-7-18-19-8-12(9)14-20-16(24-23-14)25-4-2-3-10(15(25)26)5-11-6-13(17)22-21-11;1-2/h6-8,10H,2-5H2,1H3,(H,21,22)(H,20,23,24);1-2H3. The molecule has 1 atom stereocenters. The second-order valence-electron chi connectivity index (χ2n) is 6.32. The van der Waals surface area contributed by atoms with E-state index >= 15 is 0 Å². The van der Waals surface area contributed by atoms with Gasteiger partial charge in [-0.05, 0) is 31.4 Å². The lowest BCUT2D eigenvalue weighted by Gasteiger charge is -2.29. The van der Waals surface area contributed by atoms with Crippen molar-refractivity contribution in [1.29, 1.82) is 0 Å². The van der Waals surface area contributed by atoms with Crippen LogP contribution in [-0.2, 0) is 11.2 Å². The minimum absolute atomic E-state index is 0.0112. The van der Waals surface area contributed by atoms with E-state index in [2.05, 4.69) is 35.6 Å². The first-order chi connectivity index (χ1) is 13.6. The molecule has 4 rings (SSSR count). The van der Waals surface area contributed by atoms with Crippen molar-refractivity contribution in [3.05, 3.63) is 34.9 Å². The highest BCUT2D eigenvalue weighted by Crippen LogP contribution is 2.26. The zero-order chi connectivity index (χ0) is 20.1. The SMILES string of the molecule is CC.Cc1cnncc1-c1nc(N2CCCC(Cc3cc(Cl)n[nH]3)C2=O)n[nH]1. The van der Waals surface area contributed by atoms with Crippen molar-refractivity contribution in [2.75, 3.05) is 11.4 Å². The number of hydrogen-bond donors (Lipinski definition) is 2. The number of carbonyl (C=O) groups excluding carboxylic acids is 1. The van der Waals surface area contributed by atoms with Crippen LogP contribution in [0.3, 0.4) is 0 Å². The second-order valence-corrected chi connectivity index (χ2v) is 6.71. The number of hydrogen-bond acceptors (Lipinski definition) is 6. The molecule has 2 N–H and O–H groups in total. The fourth-order valence-electron chi connectivity index (χ4n) is 3.17. The molecule has 1 aliphatic heterocycles. The summed E-state index contributed by atoms with van der Waals surface area (Å²) in [6.45, 7) is 6.52. The third-order valence-electron chi connectivity index (χ3n) is 4.52. The summed E-state index contributed by atoms with van der Waals surface area (Å²) >= 11 is 5.84. The van der Waals surface area contributed by atoms with E-state index in [0.717, 1.165) is 29.7 Å². The molecule has 0 aromatic carbocycles. The van der Waals surface area contributed by atoms with E-state index in [1.165, 1.54) is 0 Å². The summed E-state index contributed by atoms with van der Waals surface area (Å²) in [5.41, 5.74) is 2.60. The molecule has 1 unspecified atom stereocenters. The Morgan fingerprint density at radius 2 is 2.00 bits per heavy atom. The van der Waals surface area contributed by atoms with E-state index in [1.807, 2.05) is 20.8 Å². The monoisotopic (exact) mass is 402 g/mol. The molecular formula is C18H23ClN8O. The molecule has 1 aliphatic rings. The number of anilines is 1. The van der Waals surface area contributed by atoms with Gasteiger partial charge in [0, 0.05) is 30.1 Å². The Hall–Kier alpha value is -2.81. The van der Waals surface area contributed by atoms with E-state index in [4.69, 9.17) is 11.6 Å². The quantitative estimate of drug-likeness (QED) is 0.692. The first-order valence-corrected chi connectivity index (χ1v) is 9.71. The zero-order valence-corrected chi connectivity index (χ0v) is 16.9. The Morgan fingerprint density at radius 1 is 1.21 bits per heavy atom. The predicted octanol–water partition coefficient (Wildman–Crippen LogP) is 2.96. The van der Waals surface area contributed by atoms with Crippen LogP contribution in [0.15, 0.2) is 18.5 Å². The lowest BCUT2D eigenvalue weighted by Crippen LogP contribution is -2.42. The molecule has 1 saturated heterocycles. The van der Waals surface area contributed by atoms with Gasteiger partial charge in [0.15, 0.2) is 11.0 Å². The molecule has 3 aromatic heterocycles. The fraction of sp³-hybridized carbons (Fsp3) is 0.444. The highest BCUT2D eigenvalue weighted by Gasteiger charge is 2.32. The molecule has 0 bridgehead atoms. The number of aromatic nitrogens is 7. The summed E-state index contributed by atoms with van der Waals surface area (Å²) in [6.07, 6.45) is 5.56. The molecule has 0 radical (unpaired) electrons. The normalized spacial score (nSPS) is 16.6. The summed E-state index contributed by atoms with van der Waals surface area (Å²) in [6, 6.07) is 1.75. The second kappa shape index (κ2) is 8.92. The molecule has 0 saturated carbocycles. The Balaban J connectivity index is 0.00000109. The number of aryl methyl sites for hydroxylation is 1. The number of halogens is 1. The number of H-pyrrole nitrogens is 2. The third-order valence-corrected chi connectivity index (χ3v) is 4.71. The van der Waals surface area contributed by atoms with Crippen molar-refractivity contribution in [1.82, 2.24) is 35.6 Å². The van der Waals surface area contributed by atoms with Gasteiger partial charge in [0.1, 0.15) is 0 Å². The lowest BCUT2D eigenvalue weighted by atomic mass is 9.92. The number of piperidine rings is 1. The molecule has 28 heavy (non-hydrogen) atoms. The molecule has 1 fully saturated rings. The first kappa shape index (κ1) is 19.9. The maximum atomic E-state index is 12.9. The molecule has 3 aromatic rings. The summed E-state index contributed by atoms with van der Waals surface area (Å²) in [4.78, 5) is 19.0. The summed E-state index contributed by atoms with van der Waals surface area (Å²) in [5.74, 6) is 0.819. The van der Waals surface area contributed by atoms with E-state index < -0.39 is 0 Å². The average Bonchev–Trinajstić information content (AvgIpc) is 3.35. The lowest BCUT2D eigenvalue weighted by molar-refractivity contribution is -0.123. The van der Waals surface area contributed by atoms with Crippen LogP contribution in [0.1, 0.15) is 37.9 Å². The van der Waals surface area contributed by atoms with Gasteiger partial charge in [-0.15, -0.1) is 5.10 Å². The van der Waals surface area contributed by atoms with Crippen molar-refractivity contribution < 1.29 is 4.79 Å². The Labute approximate surface area is 167 Å². The van der Waals surface area contributed by atoms with Crippen LogP contribution in [-0.4, -0.2) is 48.0 Å². The minimum Gasteiger partial charge on any atom is -0.281 e. The number of rotatable bonds is 4. The Morgan fingerprint density at radius 3 is 2.71 bits per heavy atom. The molecule has 10 heteroatoms. The van der Waals surface area contributed by atoms with Gasteiger partial charge in [-0.25, -0.2) is 0 Å². The van der Waals surface area contributed by atoms with Crippen LogP contribution < -0.4 is 4.90 Å². The number of nitrogens with one attached hydrogen (secondary N) is 2. The summed E-state index contributed by atoms with van der Waals surface area (Å²) in [7, 11) is 0. The van der Waals surface area contributed by atoms with Gasteiger partial charge in [0.25, 0.3) is 5.95 Å². The van der Waals surface area contributed by atoms with Crippen LogP contribution in [0.5, 0.6) is 0 Å². The van der Waals surface area contributed by atoms with Gasteiger partial charge < -0.3 is 0 Å². The fourth-order valence-corrected chi connectivity index (χ4v) is 3.34. The summed E-state index contributed by atoms with van der Waals surface area (Å²) < 4.78 is 0. The largest absolute Gasteiger partial charge is 0.281 e. The van der Waals surface area contributed by atoms with Crippen LogP contribution in [0.25, 0.3) is 11.4 Å². The molecule has 9 nitrogen and oxygen atoms in total. The Kier molecular flexibility index (Phi) is 6.35. The van der Waals surface area contributed by atoms with Gasteiger partial charge in [-0.1, -0.05) is 25.4 Å². The first-order valence-electron chi connectivity index (χ1n) is 9.33. The van der Waals surface area contributed by atoms with Gasteiger partial charge in [0.2, 0.25) is 5.91 Å². The van der Waals surface area contributed by atoms with Crippen molar-refractivity contribution in [3.63, 3.8) is 0 Å². The minimum atomic E-state index is -0.147. The molecular weight excluding hydrogens is 380 g/mol. The number of aromatic amines is 2. The number of nitrogens with zero attached hydrogens (tertiary/aromatic N) is 6. The van der Waals surface area contributed by atoms with E-state index in [1.54, 1.807) is 23.4 Å². The van der Waals surface area contributed by atoms with Crippen LogP contribution in [0, 0.1) is 12.8 Å². The molecule has 1 amide bonds. The predicted molar refractivity (Wildman–Crippen MR) is 106 cm³/mol. The van der Waals surface area contributed by atoms with Crippen molar-refractivity contribution >= 4 is 23.5 Å². The summed E-state index contributed by atoms with van der Waals surface area (Å²) in [5, 5.41) is 22.0. The van der Waals surface area contributed by atoms with Gasteiger partial charge in [0.05, 0.1) is 12.4 Å². The smallest absolute Gasteiger partial charge is 0.251 e. The molecule has 148 valence electrons. The van der Waals surface area contributed by atoms with Gasteiger partial charge >= 0.3 is 0 Å². The highest BCUT2D eigenvalue weighted by atomic mass is 35.5. The van der Waals surface area contributed by atoms with Gasteiger partial charge in [-0.2, -0.15) is 20.3 Å². The maximum absolute atomic E-state index is 12.9. The van der Waals surface area contributed by atoms with E-state index in [-0.39, 0.29) is 11.8 Å². The highest BCUT2D eigenvalue weighted by molar-refractivity contribution is 6.29. The molecule has 4 heterocycles. The van der Waals surface area contributed by atoms with Gasteiger partial charge in [-0.3, -0.25) is 19.9 Å². The number of carbonyl (C=O) groups is 1. The average molecular weight is 403 g/mol. The molecule has 0 spiro atoms. The van der Waals surface area contributed by atoms with Crippen LogP contribution >= 0.6 is 11.6 Å². The van der Waals surface area contributed by atoms with Crippen molar-refractivity contribution in [2.45, 2.75) is 40.0 Å².